The Morgan fingerprint density at radius 2 is 2.29 bits per heavy atom. The molecule has 0 aliphatic rings. The van der Waals surface area contributed by atoms with Crippen LogP contribution in [-0.2, 0) is 11.2 Å². The van der Waals surface area contributed by atoms with Crippen LogP contribution in [0.2, 0.25) is 0 Å². The summed E-state index contributed by atoms with van der Waals surface area (Å²) in [5, 5.41) is 8.44. The molecule has 1 aromatic heterocycles. The maximum absolute atomic E-state index is 12.4. The molecule has 0 aromatic carbocycles. The maximum Gasteiger partial charge on any atom is 0.309 e. The number of hydrogen-bond acceptors (Lipinski definition) is 2. The van der Waals surface area contributed by atoms with E-state index in [4.69, 9.17) is 5.11 Å². The standard InChI is InChI=1S/C8H6F2INO2/c9-8(10)5-1-4(2-7(13)14)12-3-6(5)11/h1,3,8H,2H2,(H,13,14). The van der Waals surface area contributed by atoms with Crippen LogP contribution in [0.1, 0.15) is 17.7 Å². The lowest BCUT2D eigenvalue weighted by Gasteiger charge is -2.04. The molecule has 76 valence electrons. The Hall–Kier alpha value is -0.790. The fraction of sp³-hybridized carbons (Fsp3) is 0.250. The molecule has 0 unspecified atom stereocenters. The van der Waals surface area contributed by atoms with E-state index in [9.17, 15) is 13.6 Å². The van der Waals surface area contributed by atoms with Gasteiger partial charge in [0.15, 0.2) is 0 Å². The summed E-state index contributed by atoms with van der Waals surface area (Å²) in [6.45, 7) is 0. The lowest BCUT2D eigenvalue weighted by Crippen LogP contribution is -2.04. The van der Waals surface area contributed by atoms with Crippen molar-refractivity contribution >= 4 is 28.6 Å². The largest absolute Gasteiger partial charge is 0.481 e. The summed E-state index contributed by atoms with van der Waals surface area (Å²) < 4.78 is 25.1. The molecule has 1 rings (SSSR count). The lowest BCUT2D eigenvalue weighted by atomic mass is 10.2. The first-order chi connectivity index (χ1) is 6.50. The van der Waals surface area contributed by atoms with Gasteiger partial charge in [-0.1, -0.05) is 0 Å². The molecule has 1 aromatic rings. The summed E-state index contributed by atoms with van der Waals surface area (Å²) in [5.41, 5.74) is -0.0231. The number of aromatic nitrogens is 1. The van der Waals surface area contributed by atoms with Gasteiger partial charge in [-0.25, -0.2) is 8.78 Å². The van der Waals surface area contributed by atoms with Gasteiger partial charge in [0.05, 0.1) is 12.1 Å². The highest BCUT2D eigenvalue weighted by Gasteiger charge is 2.13. The maximum atomic E-state index is 12.4. The molecule has 1 N–H and O–H groups in total. The van der Waals surface area contributed by atoms with E-state index in [0.29, 0.717) is 3.57 Å². The molecule has 1 heterocycles. The van der Waals surface area contributed by atoms with Crippen LogP contribution < -0.4 is 0 Å². The highest BCUT2D eigenvalue weighted by atomic mass is 127. The molecule has 14 heavy (non-hydrogen) atoms. The zero-order chi connectivity index (χ0) is 10.7. The third kappa shape index (κ3) is 2.86. The molecule has 3 nitrogen and oxygen atoms in total. The lowest BCUT2D eigenvalue weighted by molar-refractivity contribution is -0.136. The van der Waals surface area contributed by atoms with Crippen molar-refractivity contribution in [3.63, 3.8) is 0 Å². The zero-order valence-electron chi connectivity index (χ0n) is 6.88. The SMILES string of the molecule is O=C(O)Cc1cc(C(F)F)c(I)cn1. The monoisotopic (exact) mass is 313 g/mol. The second-order valence-electron chi connectivity index (χ2n) is 2.57. The van der Waals surface area contributed by atoms with Crippen LogP contribution in [-0.4, -0.2) is 16.1 Å². The van der Waals surface area contributed by atoms with Gasteiger partial charge in [0, 0.05) is 15.3 Å². The number of hydrogen-bond donors (Lipinski definition) is 1. The molecule has 0 aliphatic carbocycles. The van der Waals surface area contributed by atoms with Gasteiger partial charge < -0.3 is 5.11 Å². The summed E-state index contributed by atoms with van der Waals surface area (Å²) in [6.07, 6.45) is -1.69. The Morgan fingerprint density at radius 1 is 1.64 bits per heavy atom. The van der Waals surface area contributed by atoms with E-state index < -0.39 is 12.4 Å². The summed E-state index contributed by atoms with van der Waals surface area (Å²) >= 11 is 1.74. The van der Waals surface area contributed by atoms with Crippen LogP contribution in [0.4, 0.5) is 8.78 Å². The Balaban J connectivity index is 3.00. The second kappa shape index (κ2) is 4.63. The van der Waals surface area contributed by atoms with E-state index in [-0.39, 0.29) is 17.7 Å². The first kappa shape index (κ1) is 11.3. The number of nitrogens with zero attached hydrogens (tertiary/aromatic N) is 1. The van der Waals surface area contributed by atoms with Crippen LogP contribution in [0, 0.1) is 3.57 Å². The second-order valence-corrected chi connectivity index (χ2v) is 3.73. The van der Waals surface area contributed by atoms with Gasteiger partial charge >= 0.3 is 5.97 Å². The first-order valence-corrected chi connectivity index (χ1v) is 4.73. The van der Waals surface area contributed by atoms with Gasteiger partial charge in [-0.2, -0.15) is 0 Å². The normalized spacial score (nSPS) is 10.6. The first-order valence-electron chi connectivity index (χ1n) is 3.65. The number of alkyl halides is 2. The van der Waals surface area contributed by atoms with Gasteiger partial charge in [0.2, 0.25) is 0 Å². The topological polar surface area (TPSA) is 50.2 Å². The highest BCUT2D eigenvalue weighted by Crippen LogP contribution is 2.24. The fourth-order valence-electron chi connectivity index (χ4n) is 0.919. The van der Waals surface area contributed by atoms with Crippen molar-refractivity contribution in [3.05, 3.63) is 27.1 Å². The van der Waals surface area contributed by atoms with Gasteiger partial charge in [0.1, 0.15) is 0 Å². The summed E-state index contributed by atoms with van der Waals surface area (Å²) in [6, 6.07) is 1.13. The minimum atomic E-state index is -2.60. The predicted octanol–water partition coefficient (Wildman–Crippen LogP) is 2.25. The summed E-state index contributed by atoms with van der Waals surface area (Å²) in [5.74, 6) is -1.08. The summed E-state index contributed by atoms with van der Waals surface area (Å²) in [4.78, 5) is 14.0. The van der Waals surface area contributed by atoms with Crippen molar-refractivity contribution in [2.24, 2.45) is 0 Å². The molecule has 0 bridgehead atoms. The Labute approximate surface area is 92.3 Å². The van der Waals surface area contributed by atoms with Gasteiger partial charge in [-0.05, 0) is 28.7 Å². The van der Waals surface area contributed by atoms with Crippen LogP contribution in [0.25, 0.3) is 0 Å². The van der Waals surface area contributed by atoms with E-state index in [1.807, 2.05) is 0 Å². The third-order valence-corrected chi connectivity index (χ3v) is 2.41. The zero-order valence-corrected chi connectivity index (χ0v) is 9.03. The van der Waals surface area contributed by atoms with Crippen LogP contribution in [0.15, 0.2) is 12.3 Å². The van der Waals surface area contributed by atoms with E-state index in [1.165, 1.54) is 6.20 Å². The van der Waals surface area contributed by atoms with Crippen molar-refractivity contribution in [1.29, 1.82) is 0 Å². The summed E-state index contributed by atoms with van der Waals surface area (Å²) in [7, 11) is 0. The quantitative estimate of drug-likeness (QED) is 0.871. The molecule has 0 saturated carbocycles. The Morgan fingerprint density at radius 3 is 2.79 bits per heavy atom. The highest BCUT2D eigenvalue weighted by molar-refractivity contribution is 14.1. The molecule has 0 saturated heterocycles. The number of halogens is 3. The van der Waals surface area contributed by atoms with Crippen molar-refractivity contribution in [1.82, 2.24) is 4.98 Å². The molecular weight excluding hydrogens is 307 g/mol. The average Bonchev–Trinajstić information content (AvgIpc) is 2.07. The fourth-order valence-corrected chi connectivity index (χ4v) is 1.45. The van der Waals surface area contributed by atoms with Crippen LogP contribution >= 0.6 is 22.6 Å². The molecule has 0 radical (unpaired) electrons. The van der Waals surface area contributed by atoms with Crippen molar-refractivity contribution in [3.8, 4) is 0 Å². The minimum absolute atomic E-state index is 0.146. The third-order valence-electron chi connectivity index (χ3n) is 1.51. The van der Waals surface area contributed by atoms with E-state index >= 15 is 0 Å². The molecular formula is C8H6F2INO2. The number of carbonyl (C=O) groups is 1. The minimum Gasteiger partial charge on any atom is -0.481 e. The van der Waals surface area contributed by atoms with Crippen LogP contribution in [0.3, 0.4) is 0 Å². The van der Waals surface area contributed by atoms with Crippen LogP contribution in [0.5, 0.6) is 0 Å². The molecule has 6 heteroatoms. The van der Waals surface area contributed by atoms with Gasteiger partial charge in [0.25, 0.3) is 6.43 Å². The molecule has 0 atom stereocenters. The van der Waals surface area contributed by atoms with Crippen molar-refractivity contribution in [2.45, 2.75) is 12.8 Å². The smallest absolute Gasteiger partial charge is 0.309 e. The molecule has 0 aliphatic heterocycles. The van der Waals surface area contributed by atoms with Gasteiger partial charge in [-0.15, -0.1) is 0 Å². The number of pyridine rings is 1. The van der Waals surface area contributed by atoms with E-state index in [2.05, 4.69) is 4.98 Å². The Kier molecular flexibility index (Phi) is 3.73. The molecule has 0 fully saturated rings. The average molecular weight is 313 g/mol. The Bertz CT molecular complexity index is 357. The number of rotatable bonds is 3. The number of aliphatic carboxylic acids is 1. The van der Waals surface area contributed by atoms with Gasteiger partial charge in [-0.3, -0.25) is 9.78 Å². The molecule has 0 spiro atoms. The van der Waals surface area contributed by atoms with Crippen molar-refractivity contribution in [2.75, 3.05) is 0 Å². The number of carboxylic acid groups (broad SMARTS) is 1. The number of carboxylic acids is 1. The molecule has 0 amide bonds. The predicted molar refractivity (Wildman–Crippen MR) is 53.3 cm³/mol. The van der Waals surface area contributed by atoms with E-state index in [0.717, 1.165) is 6.07 Å². The van der Waals surface area contributed by atoms with Crippen molar-refractivity contribution < 1.29 is 18.7 Å². The van der Waals surface area contributed by atoms with E-state index in [1.54, 1.807) is 22.6 Å².